The summed E-state index contributed by atoms with van der Waals surface area (Å²) in [5, 5.41) is 2.79. The van der Waals surface area contributed by atoms with E-state index < -0.39 is 0 Å². The predicted octanol–water partition coefficient (Wildman–Crippen LogP) is 2.17. The van der Waals surface area contributed by atoms with E-state index in [9.17, 15) is 4.79 Å². The highest BCUT2D eigenvalue weighted by molar-refractivity contribution is 5.91. The van der Waals surface area contributed by atoms with Gasteiger partial charge in [0.15, 0.2) is 0 Å². The van der Waals surface area contributed by atoms with Gasteiger partial charge in [0.05, 0.1) is 19.1 Å². The summed E-state index contributed by atoms with van der Waals surface area (Å²) >= 11 is 0. The molecule has 0 unspecified atom stereocenters. The Morgan fingerprint density at radius 1 is 1.47 bits per heavy atom. The number of anilines is 2. The highest BCUT2D eigenvalue weighted by Crippen LogP contribution is 2.21. The molecule has 0 heterocycles. The average molecular weight is 234 g/mol. The topological polar surface area (TPSA) is 64.3 Å². The average Bonchev–Trinajstić information content (AvgIpc) is 2.22. The Labute approximate surface area is 101 Å². The first-order valence-corrected chi connectivity index (χ1v) is 6.01. The van der Waals surface area contributed by atoms with E-state index in [-0.39, 0.29) is 5.91 Å². The smallest absolute Gasteiger partial charge is 0.226 e. The fourth-order valence-corrected chi connectivity index (χ4v) is 1.70. The molecule has 1 saturated carbocycles. The second kappa shape index (κ2) is 5.68. The van der Waals surface area contributed by atoms with Crippen LogP contribution >= 0.6 is 0 Å². The molecular formula is C13H18N2O2. The molecule has 92 valence electrons. The van der Waals surface area contributed by atoms with Gasteiger partial charge in [-0.3, -0.25) is 4.79 Å². The van der Waals surface area contributed by atoms with E-state index in [4.69, 9.17) is 10.5 Å². The van der Waals surface area contributed by atoms with Crippen molar-refractivity contribution in [3.8, 4) is 0 Å². The van der Waals surface area contributed by atoms with Gasteiger partial charge in [0.2, 0.25) is 5.91 Å². The van der Waals surface area contributed by atoms with Crippen molar-refractivity contribution in [1.29, 1.82) is 0 Å². The molecule has 1 fully saturated rings. The van der Waals surface area contributed by atoms with Gasteiger partial charge in [-0.25, -0.2) is 0 Å². The summed E-state index contributed by atoms with van der Waals surface area (Å²) in [6, 6.07) is 7.16. The van der Waals surface area contributed by atoms with Crippen LogP contribution in [-0.2, 0) is 9.53 Å². The van der Waals surface area contributed by atoms with Gasteiger partial charge in [-0.05, 0) is 37.5 Å². The second-order valence-corrected chi connectivity index (χ2v) is 4.35. The van der Waals surface area contributed by atoms with Crippen molar-refractivity contribution in [2.75, 3.05) is 17.7 Å². The number of carbonyl (C=O) groups is 1. The molecule has 2 rings (SSSR count). The van der Waals surface area contributed by atoms with E-state index in [1.807, 2.05) is 12.1 Å². The van der Waals surface area contributed by atoms with Crippen LogP contribution in [-0.4, -0.2) is 18.6 Å². The van der Waals surface area contributed by atoms with Crippen molar-refractivity contribution in [1.82, 2.24) is 0 Å². The van der Waals surface area contributed by atoms with E-state index in [0.717, 1.165) is 18.5 Å². The van der Waals surface area contributed by atoms with Crippen LogP contribution in [0.5, 0.6) is 0 Å². The Morgan fingerprint density at radius 2 is 2.29 bits per heavy atom. The highest BCUT2D eigenvalue weighted by atomic mass is 16.5. The van der Waals surface area contributed by atoms with E-state index in [0.29, 0.717) is 24.8 Å². The lowest BCUT2D eigenvalue weighted by atomic mass is 9.96. The lowest BCUT2D eigenvalue weighted by Crippen LogP contribution is -2.24. The molecule has 1 amide bonds. The number of hydrogen-bond acceptors (Lipinski definition) is 3. The molecule has 17 heavy (non-hydrogen) atoms. The number of amides is 1. The number of nitrogens with two attached hydrogens (primary N) is 1. The summed E-state index contributed by atoms with van der Waals surface area (Å²) in [7, 11) is 0. The van der Waals surface area contributed by atoms with E-state index in [2.05, 4.69) is 5.32 Å². The van der Waals surface area contributed by atoms with Crippen molar-refractivity contribution < 1.29 is 9.53 Å². The quantitative estimate of drug-likeness (QED) is 0.767. The van der Waals surface area contributed by atoms with Crippen molar-refractivity contribution in [2.45, 2.75) is 31.8 Å². The lowest BCUT2D eigenvalue weighted by molar-refractivity contribution is -0.118. The summed E-state index contributed by atoms with van der Waals surface area (Å²) in [6.45, 7) is 0.499. The molecule has 1 aromatic carbocycles. The summed E-state index contributed by atoms with van der Waals surface area (Å²) in [6.07, 6.45) is 4.30. The number of benzene rings is 1. The van der Waals surface area contributed by atoms with Crippen LogP contribution in [0.15, 0.2) is 24.3 Å². The molecule has 0 atom stereocenters. The Morgan fingerprint density at radius 3 is 2.94 bits per heavy atom. The van der Waals surface area contributed by atoms with Crippen molar-refractivity contribution in [3.63, 3.8) is 0 Å². The molecule has 0 radical (unpaired) electrons. The van der Waals surface area contributed by atoms with Crippen molar-refractivity contribution >= 4 is 17.3 Å². The Hall–Kier alpha value is -1.55. The molecule has 4 heteroatoms. The summed E-state index contributed by atoms with van der Waals surface area (Å²) in [5.41, 5.74) is 7.01. The first-order valence-electron chi connectivity index (χ1n) is 6.01. The maximum absolute atomic E-state index is 11.6. The van der Waals surface area contributed by atoms with E-state index in [1.54, 1.807) is 12.1 Å². The molecular weight excluding hydrogens is 216 g/mol. The molecule has 1 aromatic rings. The SMILES string of the molecule is Nc1cccc(NC(=O)CCOC2CCC2)c1. The zero-order valence-corrected chi connectivity index (χ0v) is 9.82. The van der Waals surface area contributed by atoms with Crippen LogP contribution in [0.3, 0.4) is 0 Å². The third-order valence-corrected chi connectivity index (χ3v) is 2.91. The van der Waals surface area contributed by atoms with Crippen LogP contribution < -0.4 is 11.1 Å². The van der Waals surface area contributed by atoms with Crippen LogP contribution in [0.25, 0.3) is 0 Å². The minimum absolute atomic E-state index is 0.0325. The Bertz CT molecular complexity index is 389. The minimum atomic E-state index is -0.0325. The fraction of sp³-hybridized carbons (Fsp3) is 0.462. The Balaban J connectivity index is 1.69. The maximum Gasteiger partial charge on any atom is 0.226 e. The molecule has 0 aromatic heterocycles. The first kappa shape index (κ1) is 11.9. The summed E-state index contributed by atoms with van der Waals surface area (Å²) in [4.78, 5) is 11.6. The molecule has 0 bridgehead atoms. The van der Waals surface area contributed by atoms with Gasteiger partial charge >= 0.3 is 0 Å². The summed E-state index contributed by atoms with van der Waals surface area (Å²) < 4.78 is 5.52. The van der Waals surface area contributed by atoms with Crippen LogP contribution in [0.1, 0.15) is 25.7 Å². The summed E-state index contributed by atoms with van der Waals surface area (Å²) in [5.74, 6) is -0.0325. The normalized spacial score (nSPS) is 15.3. The Kier molecular flexibility index (Phi) is 3.98. The zero-order chi connectivity index (χ0) is 12.1. The maximum atomic E-state index is 11.6. The number of ether oxygens (including phenoxy) is 1. The predicted molar refractivity (Wildman–Crippen MR) is 67.7 cm³/mol. The standard InChI is InChI=1S/C13H18N2O2/c14-10-3-1-4-11(9-10)15-13(16)7-8-17-12-5-2-6-12/h1,3-4,9,12H,2,5-8,14H2,(H,15,16). The number of nitrogen functional groups attached to an aromatic ring is 1. The van der Waals surface area contributed by atoms with Crippen LogP contribution in [0.4, 0.5) is 11.4 Å². The number of rotatable bonds is 5. The monoisotopic (exact) mass is 234 g/mol. The van der Waals surface area contributed by atoms with Gasteiger partial charge in [-0.1, -0.05) is 6.07 Å². The molecule has 1 aliphatic carbocycles. The van der Waals surface area contributed by atoms with Gasteiger partial charge in [-0.15, -0.1) is 0 Å². The van der Waals surface area contributed by atoms with E-state index >= 15 is 0 Å². The molecule has 0 saturated heterocycles. The van der Waals surface area contributed by atoms with Crippen molar-refractivity contribution in [3.05, 3.63) is 24.3 Å². The molecule has 3 N–H and O–H groups in total. The van der Waals surface area contributed by atoms with Crippen molar-refractivity contribution in [2.24, 2.45) is 0 Å². The lowest BCUT2D eigenvalue weighted by Gasteiger charge is -2.25. The van der Waals surface area contributed by atoms with Gasteiger partial charge in [0, 0.05) is 11.4 Å². The van der Waals surface area contributed by atoms with Gasteiger partial charge in [0.1, 0.15) is 0 Å². The second-order valence-electron chi connectivity index (χ2n) is 4.35. The molecule has 4 nitrogen and oxygen atoms in total. The van der Waals surface area contributed by atoms with E-state index in [1.165, 1.54) is 6.42 Å². The molecule has 0 aliphatic heterocycles. The molecule has 1 aliphatic rings. The van der Waals surface area contributed by atoms with Gasteiger partial charge in [-0.2, -0.15) is 0 Å². The van der Waals surface area contributed by atoms with Gasteiger partial charge < -0.3 is 15.8 Å². The number of nitrogens with one attached hydrogen (secondary N) is 1. The first-order chi connectivity index (χ1) is 8.24. The highest BCUT2D eigenvalue weighted by Gasteiger charge is 2.17. The van der Waals surface area contributed by atoms with Crippen LogP contribution in [0.2, 0.25) is 0 Å². The third kappa shape index (κ3) is 3.75. The number of carbonyl (C=O) groups excluding carboxylic acids is 1. The third-order valence-electron chi connectivity index (χ3n) is 2.91. The zero-order valence-electron chi connectivity index (χ0n) is 9.82. The fourth-order valence-electron chi connectivity index (χ4n) is 1.70. The van der Waals surface area contributed by atoms with Crippen LogP contribution in [0, 0.1) is 0 Å². The minimum Gasteiger partial charge on any atom is -0.399 e. The molecule has 0 spiro atoms. The largest absolute Gasteiger partial charge is 0.399 e. The van der Waals surface area contributed by atoms with Gasteiger partial charge in [0.25, 0.3) is 0 Å². The number of hydrogen-bond donors (Lipinski definition) is 2.